The van der Waals surface area contributed by atoms with Crippen molar-refractivity contribution >= 4 is 32.7 Å². The minimum atomic E-state index is 0.131. The predicted molar refractivity (Wildman–Crippen MR) is 559 cm³/mol. The van der Waals surface area contributed by atoms with E-state index in [-0.39, 0.29) is 43.3 Å². The molecule has 0 amide bonds. The van der Waals surface area contributed by atoms with Crippen LogP contribution in [0.2, 0.25) is 0 Å². The van der Waals surface area contributed by atoms with E-state index in [0.29, 0.717) is 0 Å². The zero-order valence-electron chi connectivity index (χ0n) is 80.7. The molecule has 1 heteroatoms. The van der Waals surface area contributed by atoms with Crippen LogP contribution in [0.5, 0.6) is 0 Å². The summed E-state index contributed by atoms with van der Waals surface area (Å²) in [6, 6.07) is 146. The number of hydrogen-bond donors (Lipinski definition) is 0. The third-order valence-corrected chi connectivity index (χ3v) is 22.8. The molecule has 0 N–H and O–H groups in total. The van der Waals surface area contributed by atoms with Gasteiger partial charge in [0, 0.05) is 10.8 Å². The van der Waals surface area contributed by atoms with E-state index in [1.165, 1.54) is 133 Å². The summed E-state index contributed by atoms with van der Waals surface area (Å²) >= 11 is 0. The van der Waals surface area contributed by atoms with Crippen LogP contribution in [0.25, 0.3) is 99.5 Å². The van der Waals surface area contributed by atoms with E-state index < -0.39 is 0 Å². The molecule has 1 nitrogen and oxygen atoms in total. The van der Waals surface area contributed by atoms with Crippen LogP contribution in [-0.2, 0) is 43.3 Å². The highest BCUT2D eigenvalue weighted by Gasteiger charge is 2.24. The van der Waals surface area contributed by atoms with Gasteiger partial charge in [-0.25, -0.2) is 0 Å². The summed E-state index contributed by atoms with van der Waals surface area (Å²) in [4.78, 5) is 0. The van der Waals surface area contributed by atoms with Crippen molar-refractivity contribution in [2.75, 3.05) is 0 Å². The van der Waals surface area contributed by atoms with Crippen LogP contribution in [0, 0.1) is 0 Å². The summed E-state index contributed by atoms with van der Waals surface area (Å²) < 4.78 is 5.89. The lowest BCUT2D eigenvalue weighted by Gasteiger charge is -2.23. The zero-order valence-corrected chi connectivity index (χ0v) is 80.7. The first-order chi connectivity index (χ1) is 60.1. The molecule has 0 saturated carbocycles. The van der Waals surface area contributed by atoms with Gasteiger partial charge in [-0.05, 0) is 177 Å². The van der Waals surface area contributed by atoms with Crippen molar-refractivity contribution in [3.63, 3.8) is 0 Å². The first-order valence-electron chi connectivity index (χ1n) is 45.5. The Kier molecular flexibility index (Phi) is 32.9. The quantitative estimate of drug-likeness (QED) is 0.162. The normalized spacial score (nSPS) is 11.6. The SMILES string of the molecule is CC(C)(C)c1ccc(-c2ccccc2)cc1.CC(C)(C)c1ccc(-c2ccccc2)cc1.CC(C)(C)c1cccc(-c2ccccc2)c1.CC(C)(C)c1cccc(-c2ccccc2)c1.CC(C)(C)c1cccc2ccccc12.CC(C)(C)c1cccc2oc3ccccc3c12.CC(C)(C)c1ccccc1-c1ccccc1.CC(C)(C)c1ccccc1-c1ccccc1. The van der Waals surface area contributed by atoms with E-state index >= 15 is 0 Å². The van der Waals surface area contributed by atoms with Gasteiger partial charge in [0.15, 0.2) is 0 Å². The summed E-state index contributed by atoms with van der Waals surface area (Å²) in [6.45, 7) is 54.0. The van der Waals surface area contributed by atoms with Crippen molar-refractivity contribution in [2.45, 2.75) is 209 Å². The fourth-order valence-corrected chi connectivity index (χ4v) is 15.5. The Balaban J connectivity index is 0.000000151. The van der Waals surface area contributed by atoms with Crippen LogP contribution in [0.3, 0.4) is 0 Å². The molecule has 16 aromatic carbocycles. The molecule has 0 radical (unpaired) electrons. The molecular formula is C126H140O. The molecule has 0 aliphatic rings. The summed E-state index contributed by atoms with van der Waals surface area (Å²) in [5.41, 5.74) is 30.3. The molecule has 0 fully saturated rings. The van der Waals surface area contributed by atoms with Crippen LogP contribution in [0.15, 0.2) is 417 Å². The molecule has 650 valence electrons. The first-order valence-corrected chi connectivity index (χ1v) is 45.5. The lowest BCUT2D eigenvalue weighted by Crippen LogP contribution is -2.12. The second-order valence-corrected chi connectivity index (χ2v) is 41.4. The van der Waals surface area contributed by atoms with Gasteiger partial charge in [0.05, 0.1) is 0 Å². The van der Waals surface area contributed by atoms with Crippen LogP contribution in [0.4, 0.5) is 0 Å². The molecule has 0 atom stereocenters. The van der Waals surface area contributed by atoms with Crippen LogP contribution in [0.1, 0.15) is 211 Å². The maximum absolute atomic E-state index is 5.89. The van der Waals surface area contributed by atoms with Crippen molar-refractivity contribution in [1.82, 2.24) is 0 Å². The fraction of sp³-hybridized carbons (Fsp3) is 0.254. The van der Waals surface area contributed by atoms with Gasteiger partial charge in [0.1, 0.15) is 11.2 Å². The minimum Gasteiger partial charge on any atom is -0.456 e. The Morgan fingerprint density at radius 2 is 0.394 bits per heavy atom. The van der Waals surface area contributed by atoms with Crippen molar-refractivity contribution in [3.8, 4) is 66.8 Å². The Morgan fingerprint density at radius 1 is 0.150 bits per heavy atom. The van der Waals surface area contributed by atoms with E-state index in [4.69, 9.17) is 4.42 Å². The lowest BCUT2D eigenvalue weighted by atomic mass is 9.82. The molecule has 0 spiro atoms. The van der Waals surface area contributed by atoms with Crippen molar-refractivity contribution in [2.24, 2.45) is 0 Å². The highest BCUT2D eigenvalue weighted by Crippen LogP contribution is 2.40. The van der Waals surface area contributed by atoms with E-state index in [2.05, 4.69) is 548 Å². The summed E-state index contributed by atoms with van der Waals surface area (Å²) in [6.07, 6.45) is 0. The van der Waals surface area contributed by atoms with Crippen LogP contribution >= 0.6 is 0 Å². The first kappa shape index (κ1) is 96.8. The molecule has 1 aromatic heterocycles. The molecule has 0 aliphatic carbocycles. The average Bonchev–Trinajstić information content (AvgIpc) is 1.62. The van der Waals surface area contributed by atoms with Gasteiger partial charge < -0.3 is 4.42 Å². The highest BCUT2D eigenvalue weighted by atomic mass is 16.3. The summed E-state index contributed by atoms with van der Waals surface area (Å²) in [5.74, 6) is 0. The van der Waals surface area contributed by atoms with Crippen molar-refractivity contribution in [3.05, 3.63) is 457 Å². The predicted octanol–water partition coefficient (Wildman–Crippen LogP) is 36.9. The zero-order chi connectivity index (χ0) is 91.8. The number of fused-ring (bicyclic) bond motifs is 4. The molecule has 0 bridgehead atoms. The largest absolute Gasteiger partial charge is 0.456 e. The van der Waals surface area contributed by atoms with Crippen LogP contribution in [-0.4, -0.2) is 0 Å². The van der Waals surface area contributed by atoms with Gasteiger partial charge in [-0.3, -0.25) is 0 Å². The Hall–Kier alpha value is -12.4. The van der Waals surface area contributed by atoms with Crippen molar-refractivity contribution in [1.29, 1.82) is 0 Å². The van der Waals surface area contributed by atoms with Gasteiger partial charge >= 0.3 is 0 Å². The highest BCUT2D eigenvalue weighted by molar-refractivity contribution is 6.07. The Morgan fingerprint density at radius 3 is 0.748 bits per heavy atom. The molecule has 17 rings (SSSR count). The minimum absolute atomic E-state index is 0.131. The molecule has 0 aliphatic heterocycles. The van der Waals surface area contributed by atoms with Gasteiger partial charge in [-0.1, -0.05) is 567 Å². The van der Waals surface area contributed by atoms with Crippen molar-refractivity contribution < 1.29 is 4.42 Å². The van der Waals surface area contributed by atoms with Crippen LogP contribution < -0.4 is 0 Å². The molecule has 127 heavy (non-hydrogen) atoms. The van der Waals surface area contributed by atoms with E-state index in [0.717, 1.165) is 11.2 Å². The number of furan rings is 1. The van der Waals surface area contributed by atoms with Gasteiger partial charge in [0.2, 0.25) is 0 Å². The number of rotatable bonds is 6. The fourth-order valence-electron chi connectivity index (χ4n) is 15.5. The Bertz CT molecular complexity index is 5890. The monoisotopic (exact) mass is 1670 g/mol. The third kappa shape index (κ3) is 28.3. The number of para-hydroxylation sites is 1. The van der Waals surface area contributed by atoms with E-state index in [1.54, 1.807) is 0 Å². The second kappa shape index (κ2) is 43.2. The smallest absolute Gasteiger partial charge is 0.135 e. The molecule has 17 aromatic rings. The summed E-state index contributed by atoms with van der Waals surface area (Å²) in [7, 11) is 0. The average molecular weight is 1670 g/mol. The van der Waals surface area contributed by atoms with Gasteiger partial charge in [-0.15, -0.1) is 0 Å². The molecule has 1 heterocycles. The molecule has 0 saturated heterocycles. The topological polar surface area (TPSA) is 13.1 Å². The van der Waals surface area contributed by atoms with E-state index in [9.17, 15) is 0 Å². The maximum Gasteiger partial charge on any atom is 0.135 e. The molecule has 0 unspecified atom stereocenters. The standard InChI is InChI=1S/C16H16O.6C16H18.C14H16/c1-16(2,3)12-8-6-10-14-15(12)11-7-4-5-9-13(11)17-14;2*1-16(2,3)15-12-8-7-11-14(15)13-9-5-4-6-10-13;2*1-16(2,3)15-11-7-10-14(12-15)13-8-5-4-6-9-13;2*1-16(2,3)15-11-9-14(10-12-15)13-7-5-4-6-8-13;1-14(2,3)13-10-6-8-11-7-4-5-9-12(11)13/h4-10H,1-3H3;6*4-12H,1-3H3;4-10H,1-3H3. The summed E-state index contributed by atoms with van der Waals surface area (Å²) in [5, 5.41) is 5.19. The Labute approximate surface area is 765 Å². The van der Waals surface area contributed by atoms with Gasteiger partial charge in [-0.2, -0.15) is 0 Å². The van der Waals surface area contributed by atoms with E-state index in [1.807, 2.05) is 30.3 Å². The number of benzene rings is 16. The molecular weight excluding hydrogens is 1530 g/mol. The maximum atomic E-state index is 5.89. The third-order valence-electron chi connectivity index (χ3n) is 22.8. The second-order valence-electron chi connectivity index (χ2n) is 41.4. The van der Waals surface area contributed by atoms with Gasteiger partial charge in [0.25, 0.3) is 0 Å². The number of hydrogen-bond acceptors (Lipinski definition) is 1. The lowest BCUT2D eigenvalue weighted by molar-refractivity contribution is 0.590.